The smallest absolute Gasteiger partial charge is 0.238 e. The predicted molar refractivity (Wildman–Crippen MR) is 156 cm³/mol. The van der Waals surface area contributed by atoms with Gasteiger partial charge in [-0.2, -0.15) is 0 Å². The normalized spacial score (nSPS) is 10.8. The summed E-state index contributed by atoms with van der Waals surface area (Å²) in [5.74, 6) is 0.139. The molecule has 1 amide bonds. The number of nitrogen functional groups attached to an aromatic ring is 1. The van der Waals surface area contributed by atoms with Crippen LogP contribution in [0.2, 0.25) is 0 Å². The van der Waals surface area contributed by atoms with E-state index in [2.05, 4.69) is 5.32 Å². The van der Waals surface area contributed by atoms with Crippen molar-refractivity contribution in [2.45, 2.75) is 24.8 Å². The summed E-state index contributed by atoms with van der Waals surface area (Å²) in [5.41, 5.74) is 10.2. The molecule has 0 saturated carbocycles. The van der Waals surface area contributed by atoms with E-state index in [0.717, 1.165) is 11.1 Å². The van der Waals surface area contributed by atoms with Gasteiger partial charge in [0.25, 0.3) is 0 Å². The lowest BCUT2D eigenvalue weighted by atomic mass is 10.00. The minimum Gasteiger partial charge on any atom is -0.489 e. The second kappa shape index (κ2) is 12.6. The highest BCUT2D eigenvalue weighted by atomic mass is 35.5. The van der Waals surface area contributed by atoms with Gasteiger partial charge in [-0.1, -0.05) is 54.6 Å². The first-order valence-corrected chi connectivity index (χ1v) is 13.3. The van der Waals surface area contributed by atoms with E-state index in [9.17, 15) is 13.2 Å². The number of hydrogen-bond acceptors (Lipinski definition) is 5. The van der Waals surface area contributed by atoms with E-state index in [-0.39, 0.29) is 35.5 Å². The summed E-state index contributed by atoms with van der Waals surface area (Å²) in [7, 11) is -3.90. The average Bonchev–Trinajstić information content (AvgIpc) is 2.88. The van der Waals surface area contributed by atoms with Gasteiger partial charge < -0.3 is 15.8 Å². The van der Waals surface area contributed by atoms with Crippen molar-refractivity contribution in [1.82, 2.24) is 0 Å². The number of hydrogen-bond donors (Lipinski definition) is 4. The molecule has 0 unspecified atom stereocenters. The van der Waals surface area contributed by atoms with E-state index < -0.39 is 10.0 Å². The van der Waals surface area contributed by atoms with Crippen LogP contribution < -0.4 is 20.9 Å². The molecule has 4 rings (SSSR count). The number of anilines is 1. The monoisotopic (exact) mass is 564 g/mol. The van der Waals surface area contributed by atoms with Crippen LogP contribution in [0.25, 0.3) is 11.1 Å². The Morgan fingerprint density at radius 2 is 1.62 bits per heavy atom. The highest BCUT2D eigenvalue weighted by molar-refractivity contribution is 7.89. The number of amidine groups is 1. The van der Waals surface area contributed by atoms with E-state index in [1.54, 1.807) is 54.6 Å². The number of benzene rings is 4. The molecule has 4 aromatic carbocycles. The Kier molecular flexibility index (Phi) is 9.47. The number of aryl methyl sites for hydroxylation is 1. The van der Waals surface area contributed by atoms with Crippen molar-refractivity contribution in [2.75, 3.05) is 5.32 Å². The number of rotatable bonds is 9. The van der Waals surface area contributed by atoms with Crippen molar-refractivity contribution >= 4 is 39.9 Å². The molecule has 0 radical (unpaired) electrons. The third-order valence-electron chi connectivity index (χ3n) is 5.95. The van der Waals surface area contributed by atoms with Crippen LogP contribution in [0.15, 0.2) is 95.9 Å². The molecular formula is C29H29ClN4O4S. The van der Waals surface area contributed by atoms with Gasteiger partial charge >= 0.3 is 0 Å². The van der Waals surface area contributed by atoms with Crippen LogP contribution in [0.1, 0.15) is 22.3 Å². The quantitative estimate of drug-likeness (QED) is 0.171. The fraction of sp³-hybridized carbons (Fsp3) is 0.103. The number of carbonyl (C=O) groups is 1. The minimum absolute atomic E-state index is 0. The van der Waals surface area contributed by atoms with E-state index in [4.69, 9.17) is 21.0 Å². The predicted octanol–water partition coefficient (Wildman–Crippen LogP) is 4.78. The maximum absolute atomic E-state index is 13.0. The molecule has 0 fully saturated rings. The van der Waals surface area contributed by atoms with Gasteiger partial charge in [0.1, 0.15) is 18.2 Å². The number of carbonyl (C=O) groups excluding carboxylic acids is 1. The molecule has 6 N–H and O–H groups in total. The Morgan fingerprint density at radius 1 is 0.923 bits per heavy atom. The number of amides is 1. The highest BCUT2D eigenvalue weighted by Crippen LogP contribution is 2.31. The summed E-state index contributed by atoms with van der Waals surface area (Å²) >= 11 is 0. The summed E-state index contributed by atoms with van der Waals surface area (Å²) in [4.78, 5) is 13.0. The third kappa shape index (κ3) is 7.44. The summed E-state index contributed by atoms with van der Waals surface area (Å²) in [6.45, 7) is 2.16. The lowest BCUT2D eigenvalue weighted by molar-refractivity contribution is -0.115. The average molecular weight is 565 g/mol. The summed E-state index contributed by atoms with van der Waals surface area (Å²) < 4.78 is 30.0. The summed E-state index contributed by atoms with van der Waals surface area (Å²) in [6, 6.07) is 26.5. The Labute approximate surface area is 234 Å². The lowest BCUT2D eigenvalue weighted by Gasteiger charge is -2.15. The molecular weight excluding hydrogens is 536 g/mol. The van der Waals surface area contributed by atoms with Crippen LogP contribution in [0, 0.1) is 12.3 Å². The van der Waals surface area contributed by atoms with Crippen LogP contribution in [-0.4, -0.2) is 20.2 Å². The van der Waals surface area contributed by atoms with Crippen LogP contribution in [-0.2, 0) is 27.8 Å². The first-order valence-electron chi connectivity index (χ1n) is 11.8. The van der Waals surface area contributed by atoms with Gasteiger partial charge in [-0.05, 0) is 60.0 Å². The molecule has 0 bridgehead atoms. The highest BCUT2D eigenvalue weighted by Gasteiger charge is 2.17. The molecule has 8 nitrogen and oxygen atoms in total. The zero-order valence-electron chi connectivity index (χ0n) is 21.2. The number of sulfonamides is 1. The van der Waals surface area contributed by atoms with Crippen molar-refractivity contribution in [3.05, 3.63) is 113 Å². The zero-order chi connectivity index (χ0) is 27.3. The Balaban J connectivity index is 0.00000420. The fourth-order valence-electron chi connectivity index (χ4n) is 4.12. The first kappa shape index (κ1) is 29.4. The first-order chi connectivity index (χ1) is 18.1. The molecule has 0 atom stereocenters. The van der Waals surface area contributed by atoms with Crippen LogP contribution in [0.4, 0.5) is 5.69 Å². The molecule has 0 aliphatic rings. The topological polar surface area (TPSA) is 148 Å². The van der Waals surface area contributed by atoms with Gasteiger partial charge in [0.2, 0.25) is 15.9 Å². The number of nitrogens with one attached hydrogen (secondary N) is 2. The fourth-order valence-corrected chi connectivity index (χ4v) is 4.87. The molecule has 0 heterocycles. The van der Waals surface area contributed by atoms with Crippen LogP contribution in [0.5, 0.6) is 5.75 Å². The van der Waals surface area contributed by atoms with Crippen LogP contribution >= 0.6 is 12.4 Å². The number of ether oxygens (including phenoxy) is 1. The van der Waals surface area contributed by atoms with Crippen molar-refractivity contribution in [3.8, 4) is 16.9 Å². The Bertz CT molecular complexity index is 1610. The summed E-state index contributed by atoms with van der Waals surface area (Å²) in [5, 5.41) is 16.0. The van der Waals surface area contributed by atoms with Crippen molar-refractivity contribution in [3.63, 3.8) is 0 Å². The molecule has 39 heavy (non-hydrogen) atoms. The number of halogens is 1. The molecule has 4 aromatic rings. The van der Waals surface area contributed by atoms with E-state index in [0.29, 0.717) is 40.3 Å². The Hall–Kier alpha value is -4.18. The maximum atomic E-state index is 13.0. The molecule has 0 aliphatic heterocycles. The molecule has 0 aliphatic carbocycles. The van der Waals surface area contributed by atoms with Crippen LogP contribution in [0.3, 0.4) is 0 Å². The van der Waals surface area contributed by atoms with E-state index >= 15 is 0 Å². The lowest BCUT2D eigenvalue weighted by Crippen LogP contribution is -2.17. The van der Waals surface area contributed by atoms with E-state index in [1.807, 2.05) is 37.3 Å². The van der Waals surface area contributed by atoms with Gasteiger partial charge in [-0.15, -0.1) is 12.4 Å². The summed E-state index contributed by atoms with van der Waals surface area (Å²) in [6.07, 6.45) is 0.000290. The Morgan fingerprint density at radius 3 is 2.28 bits per heavy atom. The van der Waals surface area contributed by atoms with Gasteiger partial charge in [-0.3, -0.25) is 10.2 Å². The number of nitrogens with two attached hydrogens (primary N) is 2. The van der Waals surface area contributed by atoms with Crippen molar-refractivity contribution in [1.29, 1.82) is 5.41 Å². The van der Waals surface area contributed by atoms with Gasteiger partial charge in [0, 0.05) is 22.4 Å². The second-order valence-corrected chi connectivity index (χ2v) is 10.3. The largest absolute Gasteiger partial charge is 0.489 e. The molecule has 0 saturated heterocycles. The van der Waals surface area contributed by atoms with Gasteiger partial charge in [-0.25, -0.2) is 13.6 Å². The zero-order valence-corrected chi connectivity index (χ0v) is 22.8. The maximum Gasteiger partial charge on any atom is 0.238 e. The van der Waals surface area contributed by atoms with E-state index in [1.165, 1.54) is 6.07 Å². The molecule has 0 spiro atoms. The number of primary sulfonamides is 1. The van der Waals surface area contributed by atoms with Gasteiger partial charge in [0.05, 0.1) is 11.3 Å². The van der Waals surface area contributed by atoms with Gasteiger partial charge in [0.15, 0.2) is 0 Å². The second-order valence-electron chi connectivity index (χ2n) is 8.81. The third-order valence-corrected chi connectivity index (χ3v) is 6.92. The van der Waals surface area contributed by atoms with Crippen molar-refractivity contribution < 1.29 is 17.9 Å². The van der Waals surface area contributed by atoms with Crippen molar-refractivity contribution in [2.24, 2.45) is 10.9 Å². The minimum atomic E-state index is -3.90. The SMILES string of the molecule is Cc1cc(NC(=O)Cc2cc(C(=N)N)ccc2OCc2ccccc2)ccc1-c1ccccc1S(N)(=O)=O.Cl. The molecule has 10 heteroatoms. The molecule has 202 valence electrons. The molecule has 0 aromatic heterocycles. The standard InChI is InChI=1S/C29H28N4O4S.ClH/c1-19-15-23(12-13-24(19)25-9-5-6-10-27(25)38(32,35)36)33-28(34)17-22-16-21(29(30)31)11-14-26(22)37-18-20-7-3-2-4-8-20;/h2-16H,17-18H2,1H3,(H3,30,31)(H,33,34)(H2,32,35,36);1H.